The second kappa shape index (κ2) is 6.32. The van der Waals surface area contributed by atoms with Crippen LogP contribution in [0, 0.1) is 0 Å². The van der Waals surface area contributed by atoms with E-state index in [2.05, 4.69) is 21.9 Å². The van der Waals surface area contributed by atoms with Crippen LogP contribution in [0.5, 0.6) is 5.88 Å². The van der Waals surface area contributed by atoms with Crippen LogP contribution in [0.25, 0.3) is 17.1 Å². The van der Waals surface area contributed by atoms with E-state index in [9.17, 15) is 4.79 Å². The number of H-pyrrole nitrogens is 1. The third-order valence-electron chi connectivity index (χ3n) is 3.15. The van der Waals surface area contributed by atoms with Crippen molar-refractivity contribution < 1.29 is 9.53 Å². The summed E-state index contributed by atoms with van der Waals surface area (Å²) < 4.78 is 5.82. The average molecular weight is 273 g/mol. The summed E-state index contributed by atoms with van der Waals surface area (Å²) in [6.07, 6.45) is 8.10. The van der Waals surface area contributed by atoms with E-state index in [1.807, 2.05) is 20.0 Å². The Balaban J connectivity index is 2.41. The van der Waals surface area contributed by atoms with Crippen LogP contribution in [-0.2, 0) is 4.79 Å². The molecule has 0 aliphatic heterocycles. The topological polar surface area (TPSA) is 67.9 Å². The number of carbonyl (C=O) groups excluding carboxylic acids is 1. The highest BCUT2D eigenvalue weighted by Gasteiger charge is 2.12. The highest BCUT2D eigenvalue weighted by atomic mass is 16.5. The number of nitrogens with one attached hydrogen (secondary N) is 1. The lowest BCUT2D eigenvalue weighted by Gasteiger charge is -2.12. The number of carbonyl (C=O) groups is 1. The number of aromatic amines is 1. The van der Waals surface area contributed by atoms with E-state index < -0.39 is 0 Å². The SMILES string of the molecule is CCC(=O)/C=C/c1c[nH]c2ncnc(OC(C)CC)c12. The van der Waals surface area contributed by atoms with Crippen LogP contribution >= 0.6 is 0 Å². The summed E-state index contributed by atoms with van der Waals surface area (Å²) in [5.74, 6) is 0.634. The molecule has 1 unspecified atom stereocenters. The van der Waals surface area contributed by atoms with Crippen molar-refractivity contribution in [1.29, 1.82) is 0 Å². The number of ketones is 1. The fraction of sp³-hybridized carbons (Fsp3) is 0.400. The Morgan fingerprint density at radius 2 is 2.25 bits per heavy atom. The van der Waals surface area contributed by atoms with Crippen molar-refractivity contribution in [3.05, 3.63) is 24.2 Å². The molecule has 0 radical (unpaired) electrons. The molecule has 0 saturated carbocycles. The van der Waals surface area contributed by atoms with Crippen LogP contribution in [0.4, 0.5) is 0 Å². The van der Waals surface area contributed by atoms with E-state index in [0.717, 1.165) is 17.4 Å². The third kappa shape index (κ3) is 3.04. The van der Waals surface area contributed by atoms with Gasteiger partial charge in [0.15, 0.2) is 5.78 Å². The summed E-state index contributed by atoms with van der Waals surface area (Å²) in [4.78, 5) is 22.8. The number of allylic oxidation sites excluding steroid dienone is 1. The van der Waals surface area contributed by atoms with E-state index >= 15 is 0 Å². The molecule has 0 bridgehead atoms. The Morgan fingerprint density at radius 1 is 1.45 bits per heavy atom. The van der Waals surface area contributed by atoms with Gasteiger partial charge in [0, 0.05) is 18.2 Å². The molecule has 0 aliphatic carbocycles. The third-order valence-corrected chi connectivity index (χ3v) is 3.15. The molecule has 2 aromatic rings. The molecule has 1 N–H and O–H groups in total. The smallest absolute Gasteiger partial charge is 0.226 e. The van der Waals surface area contributed by atoms with Crippen molar-refractivity contribution in [3.8, 4) is 5.88 Å². The van der Waals surface area contributed by atoms with Gasteiger partial charge in [0.05, 0.1) is 11.5 Å². The van der Waals surface area contributed by atoms with Gasteiger partial charge in [-0.05, 0) is 25.5 Å². The molecule has 0 amide bonds. The predicted molar refractivity (Wildman–Crippen MR) is 78.6 cm³/mol. The van der Waals surface area contributed by atoms with Crippen molar-refractivity contribution in [2.24, 2.45) is 0 Å². The predicted octanol–water partition coefficient (Wildman–Crippen LogP) is 3.13. The molecule has 5 heteroatoms. The van der Waals surface area contributed by atoms with Gasteiger partial charge in [0.2, 0.25) is 5.88 Å². The molecule has 5 nitrogen and oxygen atoms in total. The number of hydrogen-bond acceptors (Lipinski definition) is 4. The van der Waals surface area contributed by atoms with Gasteiger partial charge < -0.3 is 9.72 Å². The molecule has 0 aliphatic rings. The zero-order chi connectivity index (χ0) is 14.5. The lowest BCUT2D eigenvalue weighted by atomic mass is 10.2. The number of rotatable bonds is 6. The Hall–Kier alpha value is -2.17. The minimum absolute atomic E-state index is 0.0807. The number of nitrogens with zero attached hydrogens (tertiary/aromatic N) is 2. The molecule has 2 aromatic heterocycles. The minimum Gasteiger partial charge on any atom is -0.474 e. The normalized spacial score (nSPS) is 12.9. The van der Waals surface area contributed by atoms with E-state index in [4.69, 9.17) is 4.74 Å². The molecular formula is C15H19N3O2. The zero-order valence-electron chi connectivity index (χ0n) is 12.0. The maximum absolute atomic E-state index is 11.4. The molecule has 20 heavy (non-hydrogen) atoms. The number of hydrogen-bond donors (Lipinski definition) is 1. The fourth-order valence-electron chi connectivity index (χ4n) is 1.75. The Labute approximate surface area is 118 Å². The van der Waals surface area contributed by atoms with E-state index in [1.165, 1.54) is 6.33 Å². The van der Waals surface area contributed by atoms with Crippen LogP contribution < -0.4 is 4.74 Å². The van der Waals surface area contributed by atoms with E-state index in [-0.39, 0.29) is 11.9 Å². The van der Waals surface area contributed by atoms with Crippen LogP contribution in [0.3, 0.4) is 0 Å². The monoisotopic (exact) mass is 273 g/mol. The van der Waals surface area contributed by atoms with Gasteiger partial charge >= 0.3 is 0 Å². The van der Waals surface area contributed by atoms with Gasteiger partial charge in [0.1, 0.15) is 12.0 Å². The number of fused-ring (bicyclic) bond motifs is 1. The van der Waals surface area contributed by atoms with Gasteiger partial charge in [-0.15, -0.1) is 0 Å². The molecule has 0 saturated heterocycles. The summed E-state index contributed by atoms with van der Waals surface area (Å²) in [7, 11) is 0. The highest BCUT2D eigenvalue weighted by Crippen LogP contribution is 2.27. The second-order valence-electron chi connectivity index (χ2n) is 4.64. The van der Waals surface area contributed by atoms with Crippen molar-refractivity contribution in [1.82, 2.24) is 15.0 Å². The summed E-state index contributed by atoms with van der Waals surface area (Å²) in [5, 5.41) is 0.813. The van der Waals surface area contributed by atoms with Crippen molar-refractivity contribution in [3.63, 3.8) is 0 Å². The Bertz CT molecular complexity index is 631. The Kier molecular flexibility index (Phi) is 4.50. The van der Waals surface area contributed by atoms with Crippen molar-refractivity contribution in [2.75, 3.05) is 0 Å². The summed E-state index contributed by atoms with van der Waals surface area (Å²) in [5.41, 5.74) is 1.57. The zero-order valence-corrected chi connectivity index (χ0v) is 12.0. The summed E-state index contributed by atoms with van der Waals surface area (Å²) >= 11 is 0. The highest BCUT2D eigenvalue weighted by molar-refractivity contribution is 5.97. The van der Waals surface area contributed by atoms with Gasteiger partial charge in [-0.2, -0.15) is 0 Å². The first-order chi connectivity index (χ1) is 9.65. The number of ether oxygens (including phenoxy) is 1. The molecule has 2 heterocycles. The molecule has 0 fully saturated rings. The molecule has 106 valence electrons. The van der Waals surface area contributed by atoms with Gasteiger partial charge in [-0.3, -0.25) is 4.79 Å². The molecule has 0 spiro atoms. The first kappa shape index (κ1) is 14.2. The lowest BCUT2D eigenvalue weighted by Crippen LogP contribution is -2.11. The van der Waals surface area contributed by atoms with Crippen LogP contribution in [0.15, 0.2) is 18.6 Å². The molecule has 2 rings (SSSR count). The maximum atomic E-state index is 11.4. The summed E-state index contributed by atoms with van der Waals surface area (Å²) in [6, 6.07) is 0. The molecule has 1 atom stereocenters. The Morgan fingerprint density at radius 3 is 2.95 bits per heavy atom. The first-order valence-electron chi connectivity index (χ1n) is 6.85. The molecular weight excluding hydrogens is 254 g/mol. The maximum Gasteiger partial charge on any atom is 0.226 e. The second-order valence-corrected chi connectivity index (χ2v) is 4.64. The standard InChI is InChI=1S/C15H19N3O2/c1-4-10(3)20-15-13-11(6-7-12(19)5-2)8-16-14(13)17-9-18-15/h6-10H,4-5H2,1-3H3,(H,16,17,18)/b7-6+. The quantitative estimate of drug-likeness (QED) is 0.821. The van der Waals surface area contributed by atoms with Crippen LogP contribution in [0.1, 0.15) is 39.2 Å². The average Bonchev–Trinajstić information content (AvgIpc) is 2.88. The summed E-state index contributed by atoms with van der Waals surface area (Å²) in [6.45, 7) is 5.89. The van der Waals surface area contributed by atoms with Crippen LogP contribution in [0.2, 0.25) is 0 Å². The van der Waals surface area contributed by atoms with E-state index in [0.29, 0.717) is 17.9 Å². The minimum atomic E-state index is 0.0807. The van der Waals surface area contributed by atoms with Gasteiger partial charge in [-0.1, -0.05) is 13.8 Å². The van der Waals surface area contributed by atoms with E-state index in [1.54, 1.807) is 12.2 Å². The fourth-order valence-corrected chi connectivity index (χ4v) is 1.75. The number of aromatic nitrogens is 3. The lowest BCUT2D eigenvalue weighted by molar-refractivity contribution is -0.114. The van der Waals surface area contributed by atoms with Crippen molar-refractivity contribution >= 4 is 22.9 Å². The first-order valence-corrected chi connectivity index (χ1v) is 6.85. The van der Waals surface area contributed by atoms with Crippen LogP contribution in [-0.4, -0.2) is 26.8 Å². The van der Waals surface area contributed by atoms with Crippen molar-refractivity contribution in [2.45, 2.75) is 39.7 Å². The largest absolute Gasteiger partial charge is 0.474 e. The molecule has 0 aromatic carbocycles. The van der Waals surface area contributed by atoms with Gasteiger partial charge in [-0.25, -0.2) is 9.97 Å². The van der Waals surface area contributed by atoms with Gasteiger partial charge in [0.25, 0.3) is 0 Å².